The van der Waals surface area contributed by atoms with Crippen molar-refractivity contribution in [3.05, 3.63) is 80.9 Å². The van der Waals surface area contributed by atoms with Crippen molar-refractivity contribution in [3.63, 3.8) is 0 Å². The molecular formula is C40H50N5Rh. The standard InChI is InChI=1S/C36H46N4.C4H4N.Rh/c1-9-22-19-25-20-23-17-18-24(37-23)21-32-26(10-2)29(13-5)36(40(32)16-8)31(15-7)35-28(12-4)27(11-3)34(39-35)30(14-6)33(22)38-25;1-2-3-4-5;/h17-21,38H,9-16H2,1-8H3;2-3H,1H2;. The Morgan fingerprint density at radius 1 is 0.739 bits per heavy atom. The minimum absolute atomic E-state index is 0.842. The number of nitrogens with one attached hydrogen (secondary N) is 1. The molecule has 0 unspecified atom stereocenters. The van der Waals surface area contributed by atoms with Gasteiger partial charge in [-0.1, -0.05) is 48.5 Å². The second-order valence-electron chi connectivity index (χ2n) is 11.5. The van der Waals surface area contributed by atoms with Gasteiger partial charge in [0.25, 0.3) is 0 Å². The van der Waals surface area contributed by atoms with Crippen LogP contribution in [0.15, 0.2) is 30.4 Å². The second kappa shape index (κ2) is 16.3. The maximum atomic E-state index is 7.85. The number of hydrogen-bond donors (Lipinski definition) is 1. The average molecular weight is 704 g/mol. The molecule has 0 atom stereocenters. The van der Waals surface area contributed by atoms with Crippen LogP contribution in [0.25, 0.3) is 45.4 Å². The Balaban J connectivity index is 0.000000731. The van der Waals surface area contributed by atoms with E-state index >= 15 is 0 Å². The topological polar surface area (TPSA) is 70.3 Å². The van der Waals surface area contributed by atoms with E-state index < -0.39 is 0 Å². The number of allylic oxidation sites excluding steroid dienone is 4. The summed E-state index contributed by atoms with van der Waals surface area (Å²) < 4.78 is 2.55. The molecule has 5 nitrogen and oxygen atoms in total. The van der Waals surface area contributed by atoms with Gasteiger partial charge in [0, 0.05) is 34.2 Å². The molecule has 0 aromatic carbocycles. The average Bonchev–Trinajstić information content (AvgIpc) is 3.84. The van der Waals surface area contributed by atoms with Crippen molar-refractivity contribution in [3.8, 4) is 6.07 Å². The first kappa shape index (κ1) is 35.3. The van der Waals surface area contributed by atoms with Crippen LogP contribution in [0.2, 0.25) is 5.02 Å². The third kappa shape index (κ3) is 6.77. The van der Waals surface area contributed by atoms with Crippen LogP contribution in [0, 0.1) is 11.3 Å². The molecule has 2 aliphatic heterocycles. The van der Waals surface area contributed by atoms with E-state index in [2.05, 4.69) is 114 Å². The predicted molar refractivity (Wildman–Crippen MR) is 193 cm³/mol. The van der Waals surface area contributed by atoms with Gasteiger partial charge < -0.3 is 9.55 Å². The summed E-state index contributed by atoms with van der Waals surface area (Å²) in [7, 11) is 0. The molecule has 6 heteroatoms. The molecule has 0 saturated heterocycles. The number of nitriles is 1. The summed E-state index contributed by atoms with van der Waals surface area (Å²) in [5.74, 6) is 0. The fourth-order valence-electron chi connectivity index (χ4n) is 7.15. The molecule has 5 rings (SSSR count). The fraction of sp³-hybridized carbons (Fsp3) is 0.425. The number of aromatic amines is 1. The van der Waals surface area contributed by atoms with E-state index in [-0.39, 0.29) is 0 Å². The van der Waals surface area contributed by atoms with Crippen LogP contribution in [0.1, 0.15) is 119 Å². The third-order valence-electron chi connectivity index (χ3n) is 9.12. The Morgan fingerprint density at radius 2 is 1.35 bits per heavy atom. The molecule has 3 aromatic rings. The first-order chi connectivity index (χ1) is 22.4. The molecule has 2 aliphatic rings. The Labute approximate surface area is 286 Å². The summed E-state index contributed by atoms with van der Waals surface area (Å²) in [6, 6.07) is 8.67. The van der Waals surface area contributed by atoms with E-state index in [1.807, 2.05) is 6.07 Å². The molecule has 5 heterocycles. The number of H-pyrrole nitrogens is 1. The van der Waals surface area contributed by atoms with Gasteiger partial charge in [0.05, 0.1) is 28.3 Å². The quantitative estimate of drug-likeness (QED) is 0.139. The van der Waals surface area contributed by atoms with Crippen LogP contribution in [0.5, 0.6) is 0 Å². The normalized spacial score (nSPS) is 12.5. The van der Waals surface area contributed by atoms with Gasteiger partial charge in [0.2, 0.25) is 0 Å². The summed E-state index contributed by atoms with van der Waals surface area (Å²) in [6.07, 6.45) is 14.4. The van der Waals surface area contributed by atoms with Crippen molar-refractivity contribution in [2.75, 3.05) is 0 Å². The van der Waals surface area contributed by atoms with Gasteiger partial charge >= 0.3 is 46.8 Å². The van der Waals surface area contributed by atoms with Gasteiger partial charge in [0.1, 0.15) is 0 Å². The first-order valence-electron chi connectivity index (χ1n) is 17.2. The van der Waals surface area contributed by atoms with E-state index in [1.165, 1.54) is 73.0 Å². The number of rotatable bonds is 9. The third-order valence-corrected chi connectivity index (χ3v) is 9.51. The van der Waals surface area contributed by atoms with E-state index in [1.54, 1.807) is 6.08 Å². The Hall–Kier alpha value is -3.55. The molecule has 0 amide bonds. The van der Waals surface area contributed by atoms with Crippen molar-refractivity contribution in [2.24, 2.45) is 0 Å². The molecule has 244 valence electrons. The van der Waals surface area contributed by atoms with Gasteiger partial charge in [-0.25, -0.2) is 9.97 Å². The van der Waals surface area contributed by atoms with Crippen LogP contribution in [0.4, 0.5) is 0 Å². The van der Waals surface area contributed by atoms with Crippen molar-refractivity contribution >= 4 is 45.4 Å². The van der Waals surface area contributed by atoms with E-state index in [0.717, 1.165) is 73.4 Å². The zero-order chi connectivity index (χ0) is 33.4. The number of aromatic nitrogens is 4. The zero-order valence-corrected chi connectivity index (χ0v) is 30.7. The minimum atomic E-state index is 0.842. The number of nitrogens with zero attached hydrogens (tertiary/aromatic N) is 4. The van der Waals surface area contributed by atoms with E-state index in [4.69, 9.17) is 15.2 Å². The second-order valence-corrected chi connectivity index (χ2v) is 12.2. The van der Waals surface area contributed by atoms with Crippen LogP contribution < -0.4 is 0 Å². The molecule has 3 aromatic heterocycles. The van der Waals surface area contributed by atoms with E-state index in [0.29, 0.717) is 0 Å². The van der Waals surface area contributed by atoms with Crippen molar-refractivity contribution in [1.29, 1.82) is 5.26 Å². The number of hydrogen-bond acceptors (Lipinski definition) is 3. The van der Waals surface area contributed by atoms with Gasteiger partial charge in [-0.15, -0.1) is 0 Å². The van der Waals surface area contributed by atoms with Crippen LogP contribution >= 0.6 is 0 Å². The maximum absolute atomic E-state index is 7.85. The molecule has 0 spiro atoms. The Kier molecular flexibility index (Phi) is 12.5. The monoisotopic (exact) mass is 703 g/mol. The van der Waals surface area contributed by atoms with Crippen molar-refractivity contribution in [1.82, 2.24) is 19.5 Å². The van der Waals surface area contributed by atoms with Crippen LogP contribution in [0.3, 0.4) is 0 Å². The molecule has 0 radical (unpaired) electrons. The zero-order valence-electron chi connectivity index (χ0n) is 29.0. The van der Waals surface area contributed by atoms with E-state index in [9.17, 15) is 0 Å². The molecular weight excluding hydrogens is 653 g/mol. The molecule has 0 aliphatic carbocycles. The number of aryl methyl sites for hydroxylation is 6. The number of fused-ring (bicyclic) bond motifs is 8. The van der Waals surface area contributed by atoms with Crippen molar-refractivity contribution in [2.45, 2.75) is 112 Å². The molecule has 1 N–H and O–H groups in total. The summed E-state index contributed by atoms with van der Waals surface area (Å²) in [5.41, 5.74) is 19.3. The van der Waals surface area contributed by atoms with Crippen LogP contribution in [-0.4, -0.2) is 19.5 Å². The predicted octanol–water partition coefficient (Wildman–Crippen LogP) is 10.6. The molecule has 8 bridgehead atoms. The SMILES string of the molecule is CCC1=C(CC)c2nc1c(CC)c1[nH]c(cc3nc(cc4c(CC)c(CC)c(c2CC)n4CC)C=C3)cc1CC.N#CC=C[CH2][Rh]. The Bertz CT molecular complexity index is 1870. The van der Waals surface area contributed by atoms with Gasteiger partial charge in [-0.2, -0.15) is 0 Å². The van der Waals surface area contributed by atoms with Crippen molar-refractivity contribution < 1.29 is 18.3 Å². The first-order valence-corrected chi connectivity index (χ1v) is 18.3. The van der Waals surface area contributed by atoms with Gasteiger partial charge in [0.15, 0.2) is 0 Å². The summed E-state index contributed by atoms with van der Waals surface area (Å²) >= 11 is 2.65. The summed E-state index contributed by atoms with van der Waals surface area (Å²) in [4.78, 5) is 14.4. The molecule has 0 saturated carbocycles. The van der Waals surface area contributed by atoms with Crippen LogP contribution in [-0.2, 0) is 57.0 Å². The van der Waals surface area contributed by atoms with Gasteiger partial charge in [-0.3, -0.25) is 0 Å². The Morgan fingerprint density at radius 3 is 1.85 bits per heavy atom. The summed E-state index contributed by atoms with van der Waals surface area (Å²) in [5, 5.41) is 8.69. The summed E-state index contributed by atoms with van der Waals surface area (Å²) in [6.45, 7) is 19.2. The molecule has 46 heavy (non-hydrogen) atoms. The van der Waals surface area contributed by atoms with Gasteiger partial charge in [-0.05, 0) is 110 Å². The fourth-order valence-corrected chi connectivity index (χ4v) is 7.35. The molecule has 0 fully saturated rings.